The molecule has 1 heterocycles. The van der Waals surface area contributed by atoms with Gasteiger partial charge >= 0.3 is 0 Å². The Bertz CT molecular complexity index is 971. The molecule has 0 bridgehead atoms. The molecule has 1 saturated heterocycles. The van der Waals surface area contributed by atoms with Crippen molar-refractivity contribution in [3.63, 3.8) is 0 Å². The molecule has 1 atom stereocenters. The van der Waals surface area contributed by atoms with E-state index in [-0.39, 0.29) is 22.6 Å². The monoisotopic (exact) mass is 431 g/mol. The fraction of sp³-hybridized carbons (Fsp3) is 0.409. The van der Waals surface area contributed by atoms with Crippen LogP contribution < -0.4 is 10.1 Å². The Balaban J connectivity index is 1.81. The van der Waals surface area contributed by atoms with Crippen LogP contribution >= 0.6 is 0 Å². The van der Waals surface area contributed by atoms with Gasteiger partial charge < -0.3 is 15.0 Å². The first-order chi connectivity index (χ1) is 14.3. The number of carbonyl (C=O) groups is 1. The van der Waals surface area contributed by atoms with E-state index in [4.69, 9.17) is 4.74 Å². The highest BCUT2D eigenvalue weighted by molar-refractivity contribution is 7.89. The van der Waals surface area contributed by atoms with Crippen LogP contribution in [0.2, 0.25) is 0 Å². The molecule has 0 saturated carbocycles. The molecule has 0 radical (unpaired) electrons. The van der Waals surface area contributed by atoms with Gasteiger partial charge in [-0.1, -0.05) is 30.3 Å². The molecule has 1 amide bonds. The summed E-state index contributed by atoms with van der Waals surface area (Å²) in [5, 5.41) is 2.93. The zero-order chi connectivity index (χ0) is 21.7. The predicted octanol–water partition coefficient (Wildman–Crippen LogP) is 2.51. The van der Waals surface area contributed by atoms with E-state index in [1.54, 1.807) is 12.1 Å². The molecule has 3 rings (SSSR count). The minimum atomic E-state index is -3.71. The van der Waals surface area contributed by atoms with Gasteiger partial charge in [-0.3, -0.25) is 4.79 Å². The van der Waals surface area contributed by atoms with Crippen LogP contribution in [0.15, 0.2) is 53.4 Å². The van der Waals surface area contributed by atoms with E-state index in [9.17, 15) is 13.2 Å². The number of hydrogen-bond donors (Lipinski definition) is 1. The summed E-state index contributed by atoms with van der Waals surface area (Å²) in [6.45, 7) is 1.38. The number of nitrogens with zero attached hydrogens (tertiary/aromatic N) is 2. The summed E-state index contributed by atoms with van der Waals surface area (Å²) in [5.74, 6) is -0.0767. The lowest BCUT2D eigenvalue weighted by atomic mass is 10.1. The number of amides is 1. The molecule has 30 heavy (non-hydrogen) atoms. The molecule has 0 unspecified atom stereocenters. The number of methoxy groups -OCH3 is 1. The Morgan fingerprint density at radius 1 is 1.13 bits per heavy atom. The maximum Gasteiger partial charge on any atom is 0.251 e. The summed E-state index contributed by atoms with van der Waals surface area (Å²) in [7, 11) is 1.64. The van der Waals surface area contributed by atoms with Gasteiger partial charge in [-0.05, 0) is 50.7 Å². The predicted molar refractivity (Wildman–Crippen MR) is 116 cm³/mol. The smallest absolute Gasteiger partial charge is 0.251 e. The summed E-state index contributed by atoms with van der Waals surface area (Å²) >= 11 is 0. The number of carbonyl (C=O) groups excluding carboxylic acids is 1. The first kappa shape index (κ1) is 22.3. The maximum atomic E-state index is 13.0. The average molecular weight is 432 g/mol. The fourth-order valence-electron chi connectivity index (χ4n) is 3.65. The third-order valence-corrected chi connectivity index (χ3v) is 7.29. The van der Waals surface area contributed by atoms with Crippen LogP contribution in [-0.4, -0.2) is 64.4 Å². The number of hydrogen-bond acceptors (Lipinski definition) is 5. The number of nitrogens with one attached hydrogen (secondary N) is 1. The van der Waals surface area contributed by atoms with Gasteiger partial charge in [0.15, 0.2) is 0 Å². The van der Waals surface area contributed by atoms with Crippen molar-refractivity contribution in [3.8, 4) is 5.75 Å². The van der Waals surface area contributed by atoms with E-state index < -0.39 is 10.0 Å². The summed E-state index contributed by atoms with van der Waals surface area (Å²) < 4.78 is 32.8. The van der Waals surface area contributed by atoms with Gasteiger partial charge in [0, 0.05) is 25.2 Å². The highest BCUT2D eigenvalue weighted by atomic mass is 32.2. The van der Waals surface area contributed by atoms with Crippen LogP contribution in [-0.2, 0) is 10.0 Å². The first-order valence-electron chi connectivity index (χ1n) is 10.0. The standard InChI is InChI=1S/C22H29N3O4S/c1-24(2)19(17-9-5-4-6-10-17)16-23-22(26)18-11-12-20(29-3)21(15-18)30(27,28)25-13-7-8-14-25/h4-6,9-12,15,19H,7-8,13-14,16H2,1-3H3,(H,23,26)/t19-/m0/s1. The lowest BCUT2D eigenvalue weighted by Gasteiger charge is -2.25. The molecule has 0 aromatic heterocycles. The van der Waals surface area contributed by atoms with Gasteiger partial charge in [0.2, 0.25) is 10.0 Å². The second kappa shape index (κ2) is 9.59. The summed E-state index contributed by atoms with van der Waals surface area (Å²) in [4.78, 5) is 14.9. The zero-order valence-corrected chi connectivity index (χ0v) is 18.5. The Morgan fingerprint density at radius 2 is 1.80 bits per heavy atom. The number of benzene rings is 2. The lowest BCUT2D eigenvalue weighted by Crippen LogP contribution is -2.34. The Kier molecular flexibility index (Phi) is 7.12. The van der Waals surface area contributed by atoms with Crippen molar-refractivity contribution in [2.45, 2.75) is 23.8 Å². The van der Waals surface area contributed by atoms with E-state index in [1.807, 2.05) is 49.3 Å². The first-order valence-corrected chi connectivity index (χ1v) is 11.5. The Labute approximate surface area is 178 Å². The van der Waals surface area contributed by atoms with E-state index >= 15 is 0 Å². The topological polar surface area (TPSA) is 79.0 Å². The molecule has 1 N–H and O–H groups in total. The van der Waals surface area contributed by atoms with Crippen molar-refractivity contribution >= 4 is 15.9 Å². The maximum absolute atomic E-state index is 13.0. The molecule has 8 heteroatoms. The molecular weight excluding hydrogens is 402 g/mol. The lowest BCUT2D eigenvalue weighted by molar-refractivity contribution is 0.0941. The van der Waals surface area contributed by atoms with Gasteiger partial charge in [0.1, 0.15) is 10.6 Å². The number of sulfonamides is 1. The fourth-order valence-corrected chi connectivity index (χ4v) is 5.35. The van der Waals surface area contributed by atoms with Crippen LogP contribution in [0.3, 0.4) is 0 Å². The van der Waals surface area contributed by atoms with Crippen molar-refractivity contribution in [1.29, 1.82) is 0 Å². The number of likely N-dealkylation sites (N-methyl/N-ethyl adjacent to an activating group) is 1. The van der Waals surface area contributed by atoms with Crippen LogP contribution in [0.4, 0.5) is 0 Å². The van der Waals surface area contributed by atoms with Crippen LogP contribution in [0.25, 0.3) is 0 Å². The molecule has 162 valence electrons. The van der Waals surface area contributed by atoms with Crippen molar-refractivity contribution in [1.82, 2.24) is 14.5 Å². The third-order valence-electron chi connectivity index (χ3n) is 5.37. The van der Waals surface area contributed by atoms with Gasteiger partial charge in [0.25, 0.3) is 5.91 Å². The Morgan fingerprint density at radius 3 is 2.40 bits per heavy atom. The molecule has 1 aliphatic rings. The van der Waals surface area contributed by atoms with E-state index in [1.165, 1.54) is 17.5 Å². The quantitative estimate of drug-likeness (QED) is 0.695. The number of rotatable bonds is 8. The van der Waals surface area contributed by atoms with Crippen molar-refractivity contribution in [2.75, 3.05) is 40.8 Å². The molecule has 7 nitrogen and oxygen atoms in total. The third kappa shape index (κ3) is 4.83. The normalized spacial score (nSPS) is 15.9. The molecule has 2 aromatic carbocycles. The molecule has 0 aliphatic carbocycles. The molecule has 2 aromatic rings. The highest BCUT2D eigenvalue weighted by Crippen LogP contribution is 2.30. The van der Waals surface area contributed by atoms with Crippen LogP contribution in [0, 0.1) is 0 Å². The number of ether oxygens (including phenoxy) is 1. The largest absolute Gasteiger partial charge is 0.495 e. The van der Waals surface area contributed by atoms with Crippen molar-refractivity contribution < 1.29 is 17.9 Å². The molecule has 0 spiro atoms. The Hall–Kier alpha value is -2.42. The van der Waals surface area contributed by atoms with Crippen LogP contribution in [0.1, 0.15) is 34.8 Å². The van der Waals surface area contributed by atoms with Gasteiger partial charge in [0.05, 0.1) is 13.2 Å². The molecule has 1 fully saturated rings. The molecule has 1 aliphatic heterocycles. The van der Waals surface area contributed by atoms with E-state index in [0.29, 0.717) is 25.2 Å². The van der Waals surface area contributed by atoms with Gasteiger partial charge in [-0.2, -0.15) is 4.31 Å². The van der Waals surface area contributed by atoms with Crippen LogP contribution in [0.5, 0.6) is 5.75 Å². The van der Waals surface area contributed by atoms with Crippen molar-refractivity contribution in [3.05, 3.63) is 59.7 Å². The summed E-state index contributed by atoms with van der Waals surface area (Å²) in [6, 6.07) is 14.5. The van der Waals surface area contributed by atoms with E-state index in [0.717, 1.165) is 18.4 Å². The second-order valence-corrected chi connectivity index (χ2v) is 9.48. The molecular formula is C22H29N3O4S. The summed E-state index contributed by atoms with van der Waals surface area (Å²) in [6.07, 6.45) is 1.68. The van der Waals surface area contributed by atoms with E-state index in [2.05, 4.69) is 5.32 Å². The van der Waals surface area contributed by atoms with Gasteiger partial charge in [-0.15, -0.1) is 0 Å². The summed E-state index contributed by atoms with van der Waals surface area (Å²) in [5.41, 5.74) is 1.38. The van der Waals surface area contributed by atoms with Crippen molar-refractivity contribution in [2.24, 2.45) is 0 Å². The highest BCUT2D eigenvalue weighted by Gasteiger charge is 2.30. The van der Waals surface area contributed by atoms with Gasteiger partial charge in [-0.25, -0.2) is 8.42 Å². The average Bonchev–Trinajstić information content (AvgIpc) is 3.29. The SMILES string of the molecule is COc1ccc(C(=O)NC[C@@H](c2ccccc2)N(C)C)cc1S(=O)(=O)N1CCCC1. The zero-order valence-electron chi connectivity index (χ0n) is 17.7. The second-order valence-electron chi connectivity index (χ2n) is 7.58. The minimum Gasteiger partial charge on any atom is -0.495 e. The minimum absolute atomic E-state index is 0.00111.